The minimum absolute atomic E-state index is 0.0333. The molecule has 3 aromatic rings. The van der Waals surface area contributed by atoms with Crippen LogP contribution in [0.1, 0.15) is 11.1 Å². The molecule has 174 valence electrons. The lowest BCUT2D eigenvalue weighted by Crippen LogP contribution is -2.23. The molecule has 1 amide bonds. The highest BCUT2D eigenvalue weighted by Gasteiger charge is 2.26. The summed E-state index contributed by atoms with van der Waals surface area (Å²) in [6.45, 7) is 3.35. The third-order valence-electron chi connectivity index (χ3n) is 4.92. The number of methoxy groups -OCH3 is 2. The van der Waals surface area contributed by atoms with Crippen molar-refractivity contribution in [1.29, 1.82) is 0 Å². The monoisotopic (exact) mass is 472 g/mol. The minimum Gasteiger partial charge on any atom is -0.493 e. The van der Waals surface area contributed by atoms with E-state index in [0.717, 1.165) is 5.56 Å². The van der Waals surface area contributed by atoms with Gasteiger partial charge in [0.1, 0.15) is 5.82 Å². The number of amides is 1. The predicted molar refractivity (Wildman–Crippen MR) is 124 cm³/mol. The average molecular weight is 473 g/mol. The summed E-state index contributed by atoms with van der Waals surface area (Å²) in [5, 5.41) is 5.57. The highest BCUT2D eigenvalue weighted by Crippen LogP contribution is 2.36. The Kier molecular flexibility index (Phi) is 7.23. The molecular formula is C24H25FN2O5S. The topological polar surface area (TPSA) is 93.7 Å². The third-order valence-corrected chi connectivity index (χ3v) is 6.87. The summed E-state index contributed by atoms with van der Waals surface area (Å²) >= 11 is 0. The smallest absolute Gasteiger partial charge is 0.243 e. The van der Waals surface area contributed by atoms with Gasteiger partial charge in [0.2, 0.25) is 15.7 Å². The quantitative estimate of drug-likeness (QED) is 0.507. The predicted octanol–water partition coefficient (Wildman–Crippen LogP) is 4.34. The lowest BCUT2D eigenvalue weighted by Gasteiger charge is -2.17. The van der Waals surface area contributed by atoms with Gasteiger partial charge in [0, 0.05) is 11.8 Å². The summed E-state index contributed by atoms with van der Waals surface area (Å²) < 4.78 is 50.6. The molecule has 0 saturated heterocycles. The highest BCUT2D eigenvalue weighted by molar-refractivity contribution is 7.91. The second-order valence-electron chi connectivity index (χ2n) is 7.39. The summed E-state index contributed by atoms with van der Waals surface area (Å²) in [6, 6.07) is 13.2. The zero-order valence-electron chi connectivity index (χ0n) is 18.7. The van der Waals surface area contributed by atoms with Crippen LogP contribution in [0, 0.1) is 19.7 Å². The molecule has 0 atom stereocenters. The Balaban J connectivity index is 1.91. The van der Waals surface area contributed by atoms with Crippen LogP contribution in [-0.2, 0) is 14.6 Å². The number of aryl methyl sites for hydroxylation is 2. The van der Waals surface area contributed by atoms with Crippen LogP contribution in [0.5, 0.6) is 11.5 Å². The lowest BCUT2D eigenvalue weighted by atomic mass is 10.1. The average Bonchev–Trinajstić information content (AvgIpc) is 2.78. The Morgan fingerprint density at radius 3 is 2.24 bits per heavy atom. The SMILES string of the molecule is COc1ccc(S(=O)(=O)c2c(C)cc(C)cc2NCC(=O)Nc2ccc(F)cc2)cc1OC. The summed E-state index contributed by atoms with van der Waals surface area (Å²) in [6.07, 6.45) is 0. The fourth-order valence-electron chi connectivity index (χ4n) is 3.46. The minimum atomic E-state index is -3.96. The van der Waals surface area contributed by atoms with Crippen LogP contribution in [0.25, 0.3) is 0 Å². The van der Waals surface area contributed by atoms with E-state index in [2.05, 4.69) is 10.6 Å². The van der Waals surface area contributed by atoms with Gasteiger partial charge in [-0.3, -0.25) is 4.79 Å². The van der Waals surface area contributed by atoms with Crippen molar-refractivity contribution in [2.45, 2.75) is 23.6 Å². The van der Waals surface area contributed by atoms with Crippen LogP contribution in [0.2, 0.25) is 0 Å². The first-order valence-corrected chi connectivity index (χ1v) is 11.5. The number of hydrogen-bond acceptors (Lipinski definition) is 6. The second kappa shape index (κ2) is 9.91. The molecular weight excluding hydrogens is 447 g/mol. The molecule has 0 unspecified atom stereocenters. The number of ether oxygens (including phenoxy) is 2. The zero-order chi connectivity index (χ0) is 24.2. The molecule has 0 aliphatic carbocycles. The molecule has 0 aromatic heterocycles. The fraction of sp³-hybridized carbons (Fsp3) is 0.208. The molecule has 9 heteroatoms. The summed E-state index contributed by atoms with van der Waals surface area (Å²) in [7, 11) is -1.06. The Labute approximate surface area is 192 Å². The van der Waals surface area contributed by atoms with Gasteiger partial charge in [0.25, 0.3) is 0 Å². The number of anilines is 2. The number of carbonyl (C=O) groups excluding carboxylic acids is 1. The summed E-state index contributed by atoms with van der Waals surface area (Å²) in [5.41, 5.74) is 2.10. The molecule has 0 spiro atoms. The number of halogens is 1. The maximum atomic E-state index is 13.5. The van der Waals surface area contributed by atoms with Crippen molar-refractivity contribution in [3.05, 3.63) is 71.5 Å². The van der Waals surface area contributed by atoms with Crippen molar-refractivity contribution in [1.82, 2.24) is 0 Å². The normalized spacial score (nSPS) is 11.1. The van der Waals surface area contributed by atoms with E-state index in [-0.39, 0.29) is 22.1 Å². The van der Waals surface area contributed by atoms with Crippen LogP contribution in [0.15, 0.2) is 64.4 Å². The Morgan fingerprint density at radius 2 is 1.61 bits per heavy atom. The van der Waals surface area contributed by atoms with Gasteiger partial charge in [0.05, 0.1) is 36.2 Å². The van der Waals surface area contributed by atoms with E-state index in [0.29, 0.717) is 22.7 Å². The van der Waals surface area contributed by atoms with Gasteiger partial charge in [-0.05, 0) is 67.4 Å². The number of rotatable bonds is 8. The number of carbonyl (C=O) groups is 1. The lowest BCUT2D eigenvalue weighted by molar-refractivity contribution is -0.114. The standard InChI is InChI=1S/C24H25FN2O5S/c1-15-11-16(2)24(33(29,30)19-9-10-21(31-3)22(13-19)32-4)20(12-15)26-14-23(28)27-18-7-5-17(25)6-8-18/h5-13,26H,14H2,1-4H3,(H,27,28). The van der Waals surface area contributed by atoms with E-state index >= 15 is 0 Å². The number of sulfone groups is 1. The molecule has 0 saturated carbocycles. The van der Waals surface area contributed by atoms with Crippen molar-refractivity contribution < 1.29 is 27.1 Å². The van der Waals surface area contributed by atoms with Crippen molar-refractivity contribution in [2.75, 3.05) is 31.4 Å². The summed E-state index contributed by atoms with van der Waals surface area (Å²) in [4.78, 5) is 12.5. The fourth-order valence-corrected chi connectivity index (χ4v) is 5.11. The molecule has 0 heterocycles. The molecule has 7 nitrogen and oxygen atoms in total. The van der Waals surface area contributed by atoms with Gasteiger partial charge >= 0.3 is 0 Å². The maximum Gasteiger partial charge on any atom is 0.243 e. The molecule has 0 bridgehead atoms. The van der Waals surface area contributed by atoms with Crippen LogP contribution in [0.4, 0.5) is 15.8 Å². The van der Waals surface area contributed by atoms with Gasteiger partial charge in [-0.2, -0.15) is 0 Å². The van der Waals surface area contributed by atoms with Gasteiger partial charge < -0.3 is 20.1 Å². The van der Waals surface area contributed by atoms with Crippen molar-refractivity contribution in [2.24, 2.45) is 0 Å². The molecule has 0 fully saturated rings. The van der Waals surface area contributed by atoms with Crippen LogP contribution < -0.4 is 20.1 Å². The van der Waals surface area contributed by atoms with E-state index in [1.807, 2.05) is 6.92 Å². The maximum absolute atomic E-state index is 13.5. The number of hydrogen-bond donors (Lipinski definition) is 2. The van der Waals surface area contributed by atoms with E-state index in [1.165, 1.54) is 56.7 Å². The number of benzene rings is 3. The molecule has 33 heavy (non-hydrogen) atoms. The van der Waals surface area contributed by atoms with Gasteiger partial charge in [-0.1, -0.05) is 6.07 Å². The molecule has 3 aromatic carbocycles. The largest absolute Gasteiger partial charge is 0.493 e. The van der Waals surface area contributed by atoms with Gasteiger partial charge in [-0.25, -0.2) is 12.8 Å². The molecule has 0 aliphatic heterocycles. The van der Waals surface area contributed by atoms with Gasteiger partial charge in [-0.15, -0.1) is 0 Å². The van der Waals surface area contributed by atoms with E-state index in [1.54, 1.807) is 19.1 Å². The van der Waals surface area contributed by atoms with Crippen LogP contribution in [0.3, 0.4) is 0 Å². The van der Waals surface area contributed by atoms with E-state index in [4.69, 9.17) is 9.47 Å². The first kappa shape index (κ1) is 24.1. The number of nitrogens with one attached hydrogen (secondary N) is 2. The first-order chi connectivity index (χ1) is 15.6. The second-order valence-corrected chi connectivity index (χ2v) is 9.27. The molecule has 0 radical (unpaired) electrons. The third kappa shape index (κ3) is 5.43. The Bertz CT molecular complexity index is 1270. The van der Waals surface area contributed by atoms with Crippen molar-refractivity contribution in [3.63, 3.8) is 0 Å². The van der Waals surface area contributed by atoms with Crippen LogP contribution in [-0.4, -0.2) is 35.1 Å². The van der Waals surface area contributed by atoms with Crippen molar-refractivity contribution >= 4 is 27.1 Å². The van der Waals surface area contributed by atoms with Crippen molar-refractivity contribution in [3.8, 4) is 11.5 Å². The zero-order valence-corrected chi connectivity index (χ0v) is 19.5. The molecule has 0 aliphatic rings. The summed E-state index contributed by atoms with van der Waals surface area (Å²) in [5.74, 6) is -0.119. The van der Waals surface area contributed by atoms with E-state index in [9.17, 15) is 17.6 Å². The highest BCUT2D eigenvalue weighted by atomic mass is 32.2. The Hall–Kier alpha value is -3.59. The van der Waals surface area contributed by atoms with E-state index < -0.39 is 21.6 Å². The molecule has 3 rings (SSSR count). The molecule has 2 N–H and O–H groups in total. The van der Waals surface area contributed by atoms with Gasteiger partial charge in [0.15, 0.2) is 11.5 Å². The Morgan fingerprint density at radius 1 is 0.939 bits per heavy atom. The van der Waals surface area contributed by atoms with Crippen LogP contribution >= 0.6 is 0 Å². The first-order valence-electron chi connectivity index (χ1n) is 10.0.